The van der Waals surface area contributed by atoms with Crippen molar-refractivity contribution in [2.75, 3.05) is 0 Å². The number of aliphatic carboxylic acids is 2. The van der Waals surface area contributed by atoms with E-state index in [9.17, 15) is 19.8 Å². The molecule has 0 radical (unpaired) electrons. The molecule has 2 N–H and O–H groups in total. The van der Waals surface area contributed by atoms with Crippen LogP contribution in [0.3, 0.4) is 0 Å². The molecule has 1 rings (SSSR count). The Balaban J connectivity index is 2.76. The van der Waals surface area contributed by atoms with Gasteiger partial charge in [-0.1, -0.05) is 75.8 Å². The largest absolute Gasteiger partial charge is 0.477 e. The topological polar surface area (TPSA) is 74.6 Å². The summed E-state index contributed by atoms with van der Waals surface area (Å²) in [4.78, 5) is 22.6. The highest BCUT2D eigenvalue weighted by atomic mass is 16.4. The van der Waals surface area contributed by atoms with Crippen molar-refractivity contribution in [1.82, 2.24) is 0 Å². The van der Waals surface area contributed by atoms with Crippen LogP contribution in [0.4, 0.5) is 0 Å². The van der Waals surface area contributed by atoms with Crippen LogP contribution in [0, 0.1) is 0 Å². The van der Waals surface area contributed by atoms with Crippen LogP contribution in [0.15, 0.2) is 35.9 Å². The average Bonchev–Trinajstić information content (AvgIpc) is 2.53. The third-order valence-corrected chi connectivity index (χ3v) is 3.88. The Kier molecular flexibility index (Phi) is 8.73. The van der Waals surface area contributed by atoms with Crippen molar-refractivity contribution in [3.05, 3.63) is 41.5 Å². The second kappa shape index (κ2) is 10.6. The van der Waals surface area contributed by atoms with Crippen LogP contribution in [0.2, 0.25) is 0 Å². The van der Waals surface area contributed by atoms with Gasteiger partial charge in [0.05, 0.1) is 0 Å². The molecule has 0 aliphatic rings. The zero-order chi connectivity index (χ0) is 17.1. The van der Waals surface area contributed by atoms with Gasteiger partial charge in [-0.2, -0.15) is 0 Å². The first-order valence-electron chi connectivity index (χ1n) is 8.33. The lowest BCUT2D eigenvalue weighted by atomic mass is 9.94. The summed E-state index contributed by atoms with van der Waals surface area (Å²) in [6.45, 7) is 2.18. The number of carbonyl (C=O) groups is 2. The lowest BCUT2D eigenvalue weighted by molar-refractivity contribution is -0.140. The molecule has 126 valence electrons. The molecule has 0 heterocycles. The van der Waals surface area contributed by atoms with E-state index in [1.807, 2.05) is 6.07 Å². The van der Waals surface area contributed by atoms with Gasteiger partial charge in [0.1, 0.15) is 5.57 Å². The number of benzene rings is 1. The highest BCUT2D eigenvalue weighted by Gasteiger charge is 2.22. The van der Waals surface area contributed by atoms with Crippen LogP contribution < -0.4 is 0 Å². The highest BCUT2D eigenvalue weighted by Crippen LogP contribution is 2.26. The van der Waals surface area contributed by atoms with Crippen LogP contribution in [0.1, 0.15) is 63.9 Å². The van der Waals surface area contributed by atoms with E-state index in [1.54, 1.807) is 24.3 Å². The van der Waals surface area contributed by atoms with Gasteiger partial charge in [0.15, 0.2) is 0 Å². The van der Waals surface area contributed by atoms with E-state index in [0.29, 0.717) is 17.6 Å². The van der Waals surface area contributed by atoms with Crippen LogP contribution >= 0.6 is 0 Å². The smallest absolute Gasteiger partial charge is 0.343 e. The predicted molar refractivity (Wildman–Crippen MR) is 91.2 cm³/mol. The van der Waals surface area contributed by atoms with Gasteiger partial charge in [0.25, 0.3) is 0 Å². The summed E-state index contributed by atoms with van der Waals surface area (Å²) in [5.41, 5.74) is 0.583. The number of hydrogen-bond donors (Lipinski definition) is 2. The predicted octanol–water partition coefficient (Wildman–Crippen LogP) is 4.75. The van der Waals surface area contributed by atoms with Crippen LogP contribution in [0.5, 0.6) is 0 Å². The number of carboxylic acid groups (broad SMARTS) is 2. The maximum absolute atomic E-state index is 11.3. The third-order valence-electron chi connectivity index (χ3n) is 3.88. The summed E-state index contributed by atoms with van der Waals surface area (Å²) in [5, 5.41) is 18.5. The summed E-state index contributed by atoms with van der Waals surface area (Å²) in [6, 6.07) is 8.95. The molecular weight excluding hydrogens is 292 g/mol. The van der Waals surface area contributed by atoms with Gasteiger partial charge in [-0.05, 0) is 24.0 Å². The van der Waals surface area contributed by atoms with Crippen molar-refractivity contribution in [1.29, 1.82) is 0 Å². The van der Waals surface area contributed by atoms with Gasteiger partial charge >= 0.3 is 11.9 Å². The Bertz CT molecular complexity index is 516. The van der Waals surface area contributed by atoms with E-state index in [-0.39, 0.29) is 0 Å². The monoisotopic (exact) mass is 318 g/mol. The van der Waals surface area contributed by atoms with Crippen molar-refractivity contribution in [2.24, 2.45) is 0 Å². The molecular formula is C19H26O4. The Labute approximate surface area is 137 Å². The molecule has 23 heavy (non-hydrogen) atoms. The molecule has 0 aliphatic carbocycles. The maximum Gasteiger partial charge on any atom is 0.343 e. The lowest BCUT2D eigenvalue weighted by Gasteiger charge is -2.11. The highest BCUT2D eigenvalue weighted by molar-refractivity contribution is 6.18. The van der Waals surface area contributed by atoms with E-state index >= 15 is 0 Å². The molecule has 4 nitrogen and oxygen atoms in total. The number of rotatable bonds is 11. The van der Waals surface area contributed by atoms with E-state index in [2.05, 4.69) is 6.92 Å². The molecule has 0 bridgehead atoms. The lowest BCUT2D eigenvalue weighted by Crippen LogP contribution is -2.14. The molecule has 0 amide bonds. The average molecular weight is 318 g/mol. The molecule has 0 saturated carbocycles. The zero-order valence-electron chi connectivity index (χ0n) is 13.8. The summed E-state index contributed by atoms with van der Waals surface area (Å²) < 4.78 is 0. The minimum absolute atomic E-state index is 0.416. The van der Waals surface area contributed by atoms with Crippen LogP contribution in [-0.2, 0) is 9.59 Å². The Morgan fingerprint density at radius 2 is 1.35 bits per heavy atom. The first-order valence-corrected chi connectivity index (χ1v) is 8.33. The SMILES string of the molecule is CCCCCCCCCC(=C(C(=O)O)C(=O)O)c1ccccc1. The summed E-state index contributed by atoms with van der Waals surface area (Å²) in [5.74, 6) is -2.75. The fraction of sp³-hybridized carbons (Fsp3) is 0.474. The van der Waals surface area contributed by atoms with Gasteiger partial charge in [0.2, 0.25) is 0 Å². The van der Waals surface area contributed by atoms with Gasteiger partial charge in [-0.3, -0.25) is 0 Å². The molecule has 0 atom stereocenters. The standard InChI is InChI=1S/C19H26O4/c1-2-3-4-5-6-7-11-14-16(15-12-9-8-10-13-15)17(18(20)21)19(22)23/h8-10,12-13H,2-7,11,14H2,1H3,(H,20,21)(H,22,23). The molecule has 0 saturated heterocycles. The minimum atomic E-state index is -1.38. The number of hydrogen-bond acceptors (Lipinski definition) is 2. The Morgan fingerprint density at radius 3 is 1.87 bits per heavy atom. The molecule has 0 fully saturated rings. The van der Waals surface area contributed by atoms with E-state index in [4.69, 9.17) is 0 Å². The van der Waals surface area contributed by atoms with Crippen LogP contribution in [0.25, 0.3) is 5.57 Å². The minimum Gasteiger partial charge on any atom is -0.477 e. The first kappa shape index (κ1) is 18.9. The van der Waals surface area contributed by atoms with Gasteiger partial charge < -0.3 is 10.2 Å². The molecule has 0 spiro atoms. The summed E-state index contributed by atoms with van der Waals surface area (Å²) >= 11 is 0. The van der Waals surface area contributed by atoms with Crippen molar-refractivity contribution in [3.63, 3.8) is 0 Å². The van der Waals surface area contributed by atoms with Crippen LogP contribution in [-0.4, -0.2) is 22.2 Å². The van der Waals surface area contributed by atoms with E-state index in [0.717, 1.165) is 19.3 Å². The summed E-state index contributed by atoms with van der Waals surface area (Å²) in [6.07, 6.45) is 8.26. The van der Waals surface area contributed by atoms with E-state index < -0.39 is 17.5 Å². The molecule has 0 aromatic heterocycles. The van der Waals surface area contributed by atoms with Crippen molar-refractivity contribution < 1.29 is 19.8 Å². The molecule has 1 aromatic carbocycles. The van der Waals surface area contributed by atoms with Gasteiger partial charge in [-0.15, -0.1) is 0 Å². The van der Waals surface area contributed by atoms with Crippen molar-refractivity contribution >= 4 is 17.5 Å². The quantitative estimate of drug-likeness (QED) is 0.267. The first-order chi connectivity index (χ1) is 11.1. The van der Waals surface area contributed by atoms with E-state index in [1.165, 1.54) is 25.7 Å². The number of unbranched alkanes of at least 4 members (excludes halogenated alkanes) is 6. The fourth-order valence-electron chi connectivity index (χ4n) is 2.66. The normalized spacial score (nSPS) is 10.3. The molecule has 1 aromatic rings. The number of allylic oxidation sites excluding steroid dienone is 1. The second-order valence-corrected chi connectivity index (χ2v) is 5.70. The molecule has 0 aliphatic heterocycles. The second-order valence-electron chi connectivity index (χ2n) is 5.70. The summed E-state index contributed by atoms with van der Waals surface area (Å²) in [7, 11) is 0. The third kappa shape index (κ3) is 6.68. The van der Waals surface area contributed by atoms with Crippen molar-refractivity contribution in [3.8, 4) is 0 Å². The van der Waals surface area contributed by atoms with Gasteiger partial charge in [0, 0.05) is 0 Å². The zero-order valence-corrected chi connectivity index (χ0v) is 13.8. The number of carboxylic acids is 2. The molecule has 0 unspecified atom stereocenters. The Hall–Kier alpha value is -2.10. The molecule has 4 heteroatoms. The maximum atomic E-state index is 11.3. The Morgan fingerprint density at radius 1 is 0.826 bits per heavy atom. The van der Waals surface area contributed by atoms with Gasteiger partial charge in [-0.25, -0.2) is 9.59 Å². The fourth-order valence-corrected chi connectivity index (χ4v) is 2.66. The van der Waals surface area contributed by atoms with Crippen molar-refractivity contribution in [2.45, 2.75) is 58.3 Å².